The monoisotopic (exact) mass is 1440 g/mol. The van der Waals surface area contributed by atoms with Crippen LogP contribution in [-0.4, -0.2) is 96.7 Å². The quantitative estimate of drug-likeness (QED) is 0.0222. The summed E-state index contributed by atoms with van der Waals surface area (Å²) in [5.74, 6) is 0.974. The van der Waals surface area contributed by atoms with E-state index in [1.165, 1.54) is 205 Å². The molecular weight excluding hydrogens is 1280 g/mol. The number of unbranched alkanes of at least 4 members (excludes halogenated alkanes) is 41. The first-order valence-corrected chi connectivity index (χ1v) is 43.7. The van der Waals surface area contributed by atoms with Crippen LogP contribution < -0.4 is 0 Å². The molecule has 3 N–H and O–H groups in total. The maximum absolute atomic E-state index is 13.1. The number of aliphatic hydroxyl groups is 1. The summed E-state index contributed by atoms with van der Waals surface area (Å²) < 4.78 is 68.6. The summed E-state index contributed by atoms with van der Waals surface area (Å²) in [5, 5.41) is 10.6. The van der Waals surface area contributed by atoms with Crippen LogP contribution in [0.5, 0.6) is 0 Å². The molecule has 0 heterocycles. The zero-order chi connectivity index (χ0) is 72.4. The number of hydrogen-bond acceptors (Lipinski definition) is 15. The second-order valence-corrected chi connectivity index (χ2v) is 33.0. The van der Waals surface area contributed by atoms with Crippen molar-refractivity contribution in [3.63, 3.8) is 0 Å². The third-order valence-electron chi connectivity index (χ3n) is 18.7. The minimum Gasteiger partial charge on any atom is -0.462 e. The second-order valence-electron chi connectivity index (χ2n) is 30.1. The van der Waals surface area contributed by atoms with Gasteiger partial charge in [0, 0.05) is 25.7 Å². The van der Waals surface area contributed by atoms with Gasteiger partial charge in [-0.05, 0) is 49.4 Å². The van der Waals surface area contributed by atoms with Crippen LogP contribution in [0.3, 0.4) is 0 Å². The summed E-state index contributed by atoms with van der Waals surface area (Å²) in [7, 11) is -9.92. The van der Waals surface area contributed by atoms with Crippen molar-refractivity contribution in [3.8, 4) is 0 Å². The Labute approximate surface area is 600 Å². The molecule has 19 heteroatoms. The molecule has 0 saturated heterocycles. The van der Waals surface area contributed by atoms with Crippen molar-refractivity contribution in [2.24, 2.45) is 23.7 Å². The highest BCUT2D eigenvalue weighted by Crippen LogP contribution is 2.45. The van der Waals surface area contributed by atoms with Crippen LogP contribution >= 0.6 is 15.6 Å². The number of phosphoric acid groups is 2. The van der Waals surface area contributed by atoms with Crippen molar-refractivity contribution in [2.75, 3.05) is 39.6 Å². The lowest BCUT2D eigenvalue weighted by Gasteiger charge is -2.21. The van der Waals surface area contributed by atoms with Gasteiger partial charge in [-0.25, -0.2) is 9.13 Å². The van der Waals surface area contributed by atoms with Gasteiger partial charge in [0.25, 0.3) is 0 Å². The molecule has 0 aromatic carbocycles. The van der Waals surface area contributed by atoms with Crippen LogP contribution in [0.4, 0.5) is 0 Å². The summed E-state index contributed by atoms with van der Waals surface area (Å²) in [5.41, 5.74) is 0. The minimum absolute atomic E-state index is 0.104. The molecule has 0 saturated carbocycles. The Morgan fingerprint density at radius 2 is 0.490 bits per heavy atom. The number of ether oxygens (including phenoxy) is 4. The second kappa shape index (κ2) is 68.2. The van der Waals surface area contributed by atoms with E-state index in [9.17, 15) is 43.2 Å². The molecule has 0 rings (SSSR count). The van der Waals surface area contributed by atoms with Crippen LogP contribution in [0.15, 0.2) is 0 Å². The van der Waals surface area contributed by atoms with Crippen molar-refractivity contribution in [1.29, 1.82) is 0 Å². The predicted molar refractivity (Wildman–Crippen MR) is 400 cm³/mol. The van der Waals surface area contributed by atoms with Gasteiger partial charge >= 0.3 is 39.5 Å². The van der Waals surface area contributed by atoms with Crippen molar-refractivity contribution in [2.45, 2.75) is 420 Å². The van der Waals surface area contributed by atoms with Crippen molar-refractivity contribution >= 4 is 39.5 Å². The fraction of sp³-hybridized carbons (Fsp3) is 0.949. The lowest BCUT2D eigenvalue weighted by atomic mass is 9.99. The van der Waals surface area contributed by atoms with E-state index in [1.54, 1.807) is 0 Å². The first kappa shape index (κ1) is 96.1. The number of esters is 4. The minimum atomic E-state index is -4.96. The molecule has 6 atom stereocenters. The Morgan fingerprint density at radius 1 is 0.286 bits per heavy atom. The van der Waals surface area contributed by atoms with Crippen LogP contribution in [0.2, 0.25) is 0 Å². The third-order valence-corrected chi connectivity index (χ3v) is 20.6. The van der Waals surface area contributed by atoms with Gasteiger partial charge in [-0.2, -0.15) is 0 Å². The van der Waals surface area contributed by atoms with E-state index in [2.05, 4.69) is 55.4 Å². The molecular formula is C79H154O17P2. The topological polar surface area (TPSA) is 237 Å². The van der Waals surface area contributed by atoms with E-state index in [1.807, 2.05) is 0 Å². The van der Waals surface area contributed by atoms with Crippen LogP contribution in [0, 0.1) is 23.7 Å². The standard InChI is InChI=1S/C79H154O17P2/c1-9-72(8)58-50-42-34-25-20-21-26-35-43-51-59-76(81)89-65-74(95-78(83)61-53-45-37-27-19-17-15-13-11-10-12-14-16-18-23-31-39-47-55-69(2)3)67-93-97(85,86)91-63-73(80)64-92-98(87,88)94-68-75(66-90-77(82)60-52-44-36-30-29-33-41-49-57-71(6)7)96-79(84)62-54-46-38-28-22-24-32-40-48-56-70(4)5/h69-75,80H,9-68H2,1-8H3,(H,85,86)(H,87,88)/t72?,73?,74-,75-/m1/s1. The van der Waals surface area contributed by atoms with Gasteiger partial charge in [0.1, 0.15) is 19.3 Å². The van der Waals surface area contributed by atoms with Gasteiger partial charge in [-0.3, -0.25) is 37.3 Å². The SMILES string of the molecule is CCC(C)CCCCCCCCCCCCC(=O)OC[C@H](COP(=O)(O)OCC(O)COP(=O)(O)OC[C@@H](COC(=O)CCCCCCCCCCC(C)C)OC(=O)CCCCCCCCCCCC(C)C)OC(=O)CCCCCCCCCCCCCCCCCCCCC(C)C. The average Bonchev–Trinajstić information content (AvgIpc) is 1.02. The van der Waals surface area contributed by atoms with Crippen LogP contribution in [0.25, 0.3) is 0 Å². The van der Waals surface area contributed by atoms with Crippen LogP contribution in [-0.2, 0) is 65.4 Å². The Morgan fingerprint density at radius 3 is 0.724 bits per heavy atom. The number of hydrogen-bond donors (Lipinski definition) is 3. The van der Waals surface area contributed by atoms with Gasteiger partial charge < -0.3 is 33.8 Å². The zero-order valence-corrected chi connectivity index (χ0v) is 66.2. The molecule has 0 aromatic heterocycles. The number of rotatable bonds is 76. The van der Waals surface area contributed by atoms with E-state index in [4.69, 9.17) is 37.0 Å². The molecule has 0 fully saturated rings. The molecule has 0 aromatic rings. The van der Waals surface area contributed by atoms with Crippen molar-refractivity contribution < 1.29 is 80.2 Å². The highest BCUT2D eigenvalue weighted by Gasteiger charge is 2.30. The maximum Gasteiger partial charge on any atom is 0.472 e. The Balaban J connectivity index is 5.23. The van der Waals surface area contributed by atoms with Crippen molar-refractivity contribution in [1.82, 2.24) is 0 Å². The molecule has 582 valence electrons. The fourth-order valence-electron chi connectivity index (χ4n) is 12.0. The first-order valence-electron chi connectivity index (χ1n) is 40.7. The van der Waals surface area contributed by atoms with E-state index >= 15 is 0 Å². The zero-order valence-electron chi connectivity index (χ0n) is 64.4. The molecule has 0 amide bonds. The van der Waals surface area contributed by atoms with Crippen LogP contribution in [0.1, 0.15) is 402 Å². The van der Waals surface area contributed by atoms with Gasteiger partial charge in [-0.1, -0.05) is 351 Å². The van der Waals surface area contributed by atoms with Crippen molar-refractivity contribution in [3.05, 3.63) is 0 Å². The Bertz CT molecular complexity index is 1920. The van der Waals surface area contributed by atoms with Gasteiger partial charge in [0.15, 0.2) is 12.2 Å². The lowest BCUT2D eigenvalue weighted by Crippen LogP contribution is -2.30. The summed E-state index contributed by atoms with van der Waals surface area (Å²) >= 11 is 0. The van der Waals surface area contributed by atoms with E-state index < -0.39 is 97.5 Å². The largest absolute Gasteiger partial charge is 0.472 e. The Kier molecular flexibility index (Phi) is 66.8. The van der Waals surface area contributed by atoms with Gasteiger partial charge in [0.2, 0.25) is 0 Å². The summed E-state index contributed by atoms with van der Waals surface area (Å²) in [6, 6.07) is 0. The predicted octanol–water partition coefficient (Wildman–Crippen LogP) is 23.2. The third kappa shape index (κ3) is 71.1. The molecule has 0 radical (unpaired) electrons. The maximum atomic E-state index is 13.1. The fourth-order valence-corrected chi connectivity index (χ4v) is 13.6. The van der Waals surface area contributed by atoms with E-state index in [0.717, 1.165) is 114 Å². The molecule has 0 aliphatic carbocycles. The number of carbonyl (C=O) groups excluding carboxylic acids is 4. The van der Waals surface area contributed by atoms with E-state index in [0.29, 0.717) is 25.7 Å². The van der Waals surface area contributed by atoms with E-state index in [-0.39, 0.29) is 25.7 Å². The van der Waals surface area contributed by atoms with Gasteiger partial charge in [0.05, 0.1) is 26.4 Å². The van der Waals surface area contributed by atoms with Gasteiger partial charge in [-0.15, -0.1) is 0 Å². The molecule has 98 heavy (non-hydrogen) atoms. The normalized spacial score (nSPS) is 14.3. The number of carbonyl (C=O) groups is 4. The molecule has 0 aliphatic rings. The summed E-state index contributed by atoms with van der Waals surface area (Å²) in [6.07, 6.45) is 54.2. The number of aliphatic hydroxyl groups excluding tert-OH is 1. The highest BCUT2D eigenvalue weighted by molar-refractivity contribution is 7.47. The molecule has 0 aliphatic heterocycles. The highest BCUT2D eigenvalue weighted by atomic mass is 31.2. The summed E-state index contributed by atoms with van der Waals surface area (Å²) in [4.78, 5) is 72.9. The Hall–Kier alpha value is -1.94. The molecule has 0 spiro atoms. The molecule has 17 nitrogen and oxygen atoms in total. The first-order chi connectivity index (χ1) is 47.1. The average molecular weight is 1440 g/mol. The molecule has 0 bridgehead atoms. The smallest absolute Gasteiger partial charge is 0.462 e. The molecule has 4 unspecified atom stereocenters. The lowest BCUT2D eigenvalue weighted by molar-refractivity contribution is -0.161. The number of phosphoric ester groups is 2. The summed E-state index contributed by atoms with van der Waals surface area (Å²) in [6.45, 7) is 14.2.